The maximum Gasteiger partial charge on any atom is 0.0575 e. The Bertz CT molecular complexity index is 379. The Morgan fingerprint density at radius 1 is 0.731 bits per heavy atom. The zero-order valence-corrected chi connectivity index (χ0v) is 17.5. The summed E-state index contributed by atoms with van der Waals surface area (Å²) in [4.78, 5) is 0. The van der Waals surface area contributed by atoms with E-state index in [1.54, 1.807) is 0 Å². The van der Waals surface area contributed by atoms with Crippen LogP contribution in [0.3, 0.4) is 0 Å². The topological polar surface area (TPSA) is 9.23 Å². The second kappa shape index (κ2) is 10.9. The molecule has 0 unspecified atom stereocenters. The quantitative estimate of drug-likeness (QED) is 0.406. The molecule has 0 aromatic rings. The van der Waals surface area contributed by atoms with E-state index in [0.717, 1.165) is 36.2 Å². The zero-order valence-electron chi connectivity index (χ0n) is 17.5. The first-order chi connectivity index (χ1) is 12.8. The van der Waals surface area contributed by atoms with Gasteiger partial charge in [-0.3, -0.25) is 0 Å². The van der Waals surface area contributed by atoms with Gasteiger partial charge in [-0.1, -0.05) is 32.3 Å². The van der Waals surface area contributed by atoms with Gasteiger partial charge in [-0.05, 0) is 107 Å². The Hall–Kier alpha value is -0.300. The average molecular weight is 361 g/mol. The van der Waals surface area contributed by atoms with Crippen molar-refractivity contribution in [1.82, 2.24) is 0 Å². The predicted octanol–water partition coefficient (Wildman–Crippen LogP) is 7.55. The van der Waals surface area contributed by atoms with Crippen LogP contribution in [0.25, 0.3) is 0 Å². The van der Waals surface area contributed by atoms with Gasteiger partial charge in [-0.2, -0.15) is 0 Å². The van der Waals surface area contributed by atoms with Crippen LogP contribution in [-0.2, 0) is 4.74 Å². The Morgan fingerprint density at radius 2 is 1.27 bits per heavy atom. The van der Waals surface area contributed by atoms with Crippen LogP contribution in [0.1, 0.15) is 103 Å². The highest BCUT2D eigenvalue weighted by atomic mass is 16.5. The van der Waals surface area contributed by atoms with Crippen molar-refractivity contribution in [3.63, 3.8) is 0 Å². The highest BCUT2D eigenvalue weighted by Crippen LogP contribution is 2.42. The van der Waals surface area contributed by atoms with Gasteiger partial charge in [0.2, 0.25) is 0 Å². The fourth-order valence-corrected chi connectivity index (χ4v) is 6.11. The summed E-state index contributed by atoms with van der Waals surface area (Å²) >= 11 is 0. The molecule has 3 fully saturated rings. The molecule has 0 radical (unpaired) electrons. The van der Waals surface area contributed by atoms with E-state index in [9.17, 15) is 0 Å². The van der Waals surface area contributed by atoms with Gasteiger partial charge >= 0.3 is 0 Å². The number of ether oxygens (including phenoxy) is 1. The summed E-state index contributed by atoms with van der Waals surface area (Å²) in [6.07, 6.45) is 23.9. The van der Waals surface area contributed by atoms with Crippen LogP contribution in [0.4, 0.5) is 0 Å². The second-order valence-electron chi connectivity index (χ2n) is 9.81. The third-order valence-corrected chi connectivity index (χ3v) is 8.17. The molecule has 150 valence electrons. The third-order valence-electron chi connectivity index (χ3n) is 8.17. The van der Waals surface area contributed by atoms with Crippen LogP contribution in [0.15, 0.2) is 12.7 Å². The molecule has 0 bridgehead atoms. The lowest BCUT2D eigenvalue weighted by Gasteiger charge is -2.38. The molecule has 0 aliphatic heterocycles. The van der Waals surface area contributed by atoms with E-state index >= 15 is 0 Å². The number of rotatable bonds is 8. The summed E-state index contributed by atoms with van der Waals surface area (Å²) in [5, 5.41) is 0. The van der Waals surface area contributed by atoms with E-state index in [2.05, 4.69) is 19.6 Å². The lowest BCUT2D eigenvalue weighted by molar-refractivity contribution is -0.0128. The summed E-state index contributed by atoms with van der Waals surface area (Å²) in [6, 6.07) is 0. The van der Waals surface area contributed by atoms with E-state index in [0.29, 0.717) is 6.10 Å². The SMILES string of the molecule is C=CCCC1CCC(OCC2CCC(C3CCC(CC)CC3)CC2)CC1. The molecule has 0 amide bonds. The Morgan fingerprint density at radius 3 is 1.81 bits per heavy atom. The van der Waals surface area contributed by atoms with Gasteiger partial charge in [-0.25, -0.2) is 0 Å². The van der Waals surface area contributed by atoms with Crippen molar-refractivity contribution in [2.75, 3.05) is 6.61 Å². The number of hydrogen-bond donors (Lipinski definition) is 0. The van der Waals surface area contributed by atoms with Gasteiger partial charge in [0, 0.05) is 6.61 Å². The average Bonchev–Trinajstić information content (AvgIpc) is 2.72. The largest absolute Gasteiger partial charge is 0.378 e. The summed E-state index contributed by atoms with van der Waals surface area (Å²) < 4.78 is 6.36. The van der Waals surface area contributed by atoms with Gasteiger partial charge in [0.25, 0.3) is 0 Å². The molecular formula is C25H44O. The van der Waals surface area contributed by atoms with E-state index in [4.69, 9.17) is 4.74 Å². The van der Waals surface area contributed by atoms with Crippen LogP contribution in [0, 0.1) is 29.6 Å². The van der Waals surface area contributed by atoms with Crippen molar-refractivity contribution in [3.05, 3.63) is 12.7 Å². The second-order valence-corrected chi connectivity index (χ2v) is 9.81. The first kappa shape index (κ1) is 20.4. The van der Waals surface area contributed by atoms with Gasteiger partial charge in [-0.15, -0.1) is 6.58 Å². The predicted molar refractivity (Wildman–Crippen MR) is 112 cm³/mol. The van der Waals surface area contributed by atoms with Crippen LogP contribution < -0.4 is 0 Å². The Kier molecular flexibility index (Phi) is 8.56. The summed E-state index contributed by atoms with van der Waals surface area (Å²) in [6.45, 7) is 7.29. The molecule has 0 aromatic carbocycles. The molecule has 3 aliphatic carbocycles. The summed E-state index contributed by atoms with van der Waals surface area (Å²) in [7, 11) is 0. The fourth-order valence-electron chi connectivity index (χ4n) is 6.11. The normalized spacial score (nSPS) is 38.8. The summed E-state index contributed by atoms with van der Waals surface area (Å²) in [5.41, 5.74) is 0. The molecule has 0 heterocycles. The van der Waals surface area contributed by atoms with Crippen molar-refractivity contribution in [1.29, 1.82) is 0 Å². The van der Waals surface area contributed by atoms with Crippen LogP contribution >= 0.6 is 0 Å². The molecule has 3 rings (SSSR count). The van der Waals surface area contributed by atoms with Crippen LogP contribution in [-0.4, -0.2) is 12.7 Å². The molecule has 0 spiro atoms. The van der Waals surface area contributed by atoms with Crippen molar-refractivity contribution in [3.8, 4) is 0 Å². The molecule has 3 saturated carbocycles. The van der Waals surface area contributed by atoms with E-state index in [-0.39, 0.29) is 0 Å². The highest BCUT2D eigenvalue weighted by molar-refractivity contribution is 4.82. The highest BCUT2D eigenvalue weighted by Gasteiger charge is 2.31. The van der Waals surface area contributed by atoms with Gasteiger partial charge in [0.15, 0.2) is 0 Å². The molecule has 0 saturated heterocycles. The van der Waals surface area contributed by atoms with Crippen molar-refractivity contribution in [2.45, 2.75) is 109 Å². The van der Waals surface area contributed by atoms with E-state index in [1.165, 1.54) is 96.3 Å². The molecular weight excluding hydrogens is 316 g/mol. The van der Waals surface area contributed by atoms with E-state index < -0.39 is 0 Å². The van der Waals surface area contributed by atoms with Crippen molar-refractivity contribution >= 4 is 0 Å². The molecule has 0 atom stereocenters. The fraction of sp³-hybridized carbons (Fsp3) is 0.920. The molecule has 3 aliphatic rings. The monoisotopic (exact) mass is 360 g/mol. The van der Waals surface area contributed by atoms with Gasteiger partial charge < -0.3 is 4.74 Å². The van der Waals surface area contributed by atoms with Crippen LogP contribution in [0.2, 0.25) is 0 Å². The van der Waals surface area contributed by atoms with E-state index in [1.807, 2.05) is 0 Å². The number of allylic oxidation sites excluding steroid dienone is 1. The standard InChI is InChI=1S/C25H44O/c1-3-5-6-21-11-17-25(18-12-21)26-19-22-9-15-24(16-10-22)23-13-7-20(4-2)8-14-23/h3,20-25H,1,4-19H2,2H3. The Labute approximate surface area is 163 Å². The molecule has 26 heavy (non-hydrogen) atoms. The Balaban J connectivity index is 1.27. The maximum atomic E-state index is 6.36. The van der Waals surface area contributed by atoms with Gasteiger partial charge in [0.05, 0.1) is 6.10 Å². The minimum absolute atomic E-state index is 0.567. The molecule has 0 N–H and O–H groups in total. The molecule has 0 aromatic heterocycles. The molecule has 1 nitrogen and oxygen atoms in total. The molecule has 1 heteroatoms. The minimum Gasteiger partial charge on any atom is -0.378 e. The van der Waals surface area contributed by atoms with Crippen molar-refractivity contribution < 1.29 is 4.74 Å². The lowest BCUT2D eigenvalue weighted by Crippen LogP contribution is -2.29. The maximum absolute atomic E-state index is 6.36. The summed E-state index contributed by atoms with van der Waals surface area (Å²) in [5.74, 6) is 4.94. The lowest BCUT2D eigenvalue weighted by atomic mass is 9.69. The first-order valence-corrected chi connectivity index (χ1v) is 12.0. The van der Waals surface area contributed by atoms with Crippen molar-refractivity contribution in [2.24, 2.45) is 29.6 Å². The minimum atomic E-state index is 0.567. The number of hydrogen-bond acceptors (Lipinski definition) is 1. The first-order valence-electron chi connectivity index (χ1n) is 12.0. The third kappa shape index (κ3) is 6.11. The van der Waals surface area contributed by atoms with Gasteiger partial charge in [0.1, 0.15) is 0 Å². The van der Waals surface area contributed by atoms with Crippen LogP contribution in [0.5, 0.6) is 0 Å². The zero-order chi connectivity index (χ0) is 18.2. The smallest absolute Gasteiger partial charge is 0.0575 e.